The molecule has 0 radical (unpaired) electrons. The van der Waals surface area contributed by atoms with E-state index in [0.29, 0.717) is 18.8 Å². The second kappa shape index (κ2) is 4.77. The zero-order valence-corrected chi connectivity index (χ0v) is 10.1. The first-order valence-corrected chi connectivity index (χ1v) is 6.07. The molecule has 0 bridgehead atoms. The van der Waals surface area contributed by atoms with Gasteiger partial charge in [0.2, 0.25) is 11.7 Å². The first kappa shape index (κ1) is 12.0. The summed E-state index contributed by atoms with van der Waals surface area (Å²) in [4.78, 5) is 24.8. The van der Waals surface area contributed by atoms with E-state index >= 15 is 0 Å². The molecule has 0 saturated carbocycles. The molecule has 1 saturated heterocycles. The average molecular weight is 238 g/mol. The van der Waals surface area contributed by atoms with E-state index in [0.717, 1.165) is 25.0 Å². The van der Waals surface area contributed by atoms with Gasteiger partial charge in [0, 0.05) is 13.1 Å². The minimum atomic E-state index is -0.266. The number of carbonyl (C=O) groups is 2. The van der Waals surface area contributed by atoms with Gasteiger partial charge in [-0.25, -0.2) is 0 Å². The Bertz CT molecular complexity index is 376. The molecule has 0 spiro atoms. The van der Waals surface area contributed by atoms with Crippen molar-refractivity contribution in [1.82, 2.24) is 4.90 Å². The normalized spacial score (nSPS) is 25.1. The lowest BCUT2D eigenvalue weighted by molar-refractivity contribution is -0.123. The van der Waals surface area contributed by atoms with Crippen LogP contribution in [0.25, 0.3) is 0 Å². The van der Waals surface area contributed by atoms with E-state index in [2.05, 4.69) is 0 Å². The Balaban J connectivity index is 2.14. The van der Waals surface area contributed by atoms with Crippen LogP contribution >= 0.6 is 0 Å². The maximum Gasteiger partial charge on any atom is 0.222 e. The molecule has 2 rings (SSSR count). The van der Waals surface area contributed by atoms with Crippen molar-refractivity contribution in [2.45, 2.75) is 26.2 Å². The third kappa shape index (κ3) is 2.28. The molecule has 94 valence electrons. The summed E-state index contributed by atoms with van der Waals surface area (Å²) >= 11 is 0. The fraction of sp³-hybridized carbons (Fsp3) is 0.667. The predicted molar refractivity (Wildman–Crippen MR) is 61.8 cm³/mol. The molecule has 1 amide bonds. The zero-order valence-electron chi connectivity index (χ0n) is 10.1. The van der Waals surface area contributed by atoms with Crippen LogP contribution in [0.1, 0.15) is 26.2 Å². The molecule has 17 heavy (non-hydrogen) atoms. The lowest BCUT2D eigenvalue weighted by atomic mass is 9.97. The third-order valence-electron chi connectivity index (χ3n) is 3.40. The number of hydrogen-bond acceptors (Lipinski definition) is 4. The standard InChI is InChI=1S/C12H18N2O3/c1-2-9-10(15)7-17-12(9)14-5-3-4-8(6-14)11(13)16/h8H,2-7H2,1H3,(H2,13,16). The molecule has 1 fully saturated rings. The molecule has 0 aromatic rings. The molecule has 0 aliphatic carbocycles. The molecule has 2 aliphatic heterocycles. The highest BCUT2D eigenvalue weighted by molar-refractivity contribution is 5.98. The van der Waals surface area contributed by atoms with Gasteiger partial charge in [-0.15, -0.1) is 0 Å². The number of nitrogens with zero attached hydrogens (tertiary/aromatic N) is 1. The van der Waals surface area contributed by atoms with Gasteiger partial charge in [-0.3, -0.25) is 9.59 Å². The monoisotopic (exact) mass is 238 g/mol. The van der Waals surface area contributed by atoms with Gasteiger partial charge >= 0.3 is 0 Å². The zero-order chi connectivity index (χ0) is 12.4. The van der Waals surface area contributed by atoms with Gasteiger partial charge in [0.1, 0.15) is 0 Å². The van der Waals surface area contributed by atoms with Gasteiger partial charge in [0.25, 0.3) is 0 Å². The summed E-state index contributed by atoms with van der Waals surface area (Å²) in [5.41, 5.74) is 6.08. The summed E-state index contributed by atoms with van der Waals surface area (Å²) in [6, 6.07) is 0. The van der Waals surface area contributed by atoms with E-state index in [4.69, 9.17) is 10.5 Å². The number of likely N-dealkylation sites (tertiary alicyclic amines) is 1. The Kier molecular flexibility index (Phi) is 3.36. The highest BCUT2D eigenvalue weighted by Crippen LogP contribution is 2.27. The maximum atomic E-state index is 11.6. The summed E-state index contributed by atoms with van der Waals surface area (Å²) < 4.78 is 5.44. The molecule has 0 aromatic carbocycles. The van der Waals surface area contributed by atoms with Crippen molar-refractivity contribution in [3.05, 3.63) is 11.5 Å². The number of hydrogen-bond donors (Lipinski definition) is 1. The van der Waals surface area contributed by atoms with E-state index in [1.165, 1.54) is 0 Å². The largest absolute Gasteiger partial charge is 0.470 e. The Labute approximate surface area is 101 Å². The van der Waals surface area contributed by atoms with Crippen LogP contribution in [-0.4, -0.2) is 36.3 Å². The van der Waals surface area contributed by atoms with E-state index in [9.17, 15) is 9.59 Å². The van der Waals surface area contributed by atoms with Crippen LogP contribution in [-0.2, 0) is 14.3 Å². The van der Waals surface area contributed by atoms with Crippen LogP contribution in [0.5, 0.6) is 0 Å². The lowest BCUT2D eigenvalue weighted by Gasteiger charge is -2.33. The van der Waals surface area contributed by atoms with Crippen LogP contribution in [0.3, 0.4) is 0 Å². The number of rotatable bonds is 3. The fourth-order valence-electron chi connectivity index (χ4n) is 2.45. The van der Waals surface area contributed by atoms with E-state index < -0.39 is 0 Å². The number of ether oxygens (including phenoxy) is 1. The quantitative estimate of drug-likeness (QED) is 0.772. The number of nitrogens with two attached hydrogens (primary N) is 1. The highest BCUT2D eigenvalue weighted by Gasteiger charge is 2.32. The van der Waals surface area contributed by atoms with E-state index in [-0.39, 0.29) is 24.2 Å². The Morgan fingerprint density at radius 1 is 1.59 bits per heavy atom. The van der Waals surface area contributed by atoms with Crippen LogP contribution in [0.4, 0.5) is 0 Å². The molecule has 5 nitrogen and oxygen atoms in total. The van der Waals surface area contributed by atoms with Crippen molar-refractivity contribution in [2.75, 3.05) is 19.7 Å². The first-order valence-electron chi connectivity index (χ1n) is 6.07. The molecule has 2 aliphatic rings. The van der Waals surface area contributed by atoms with Crippen molar-refractivity contribution in [3.8, 4) is 0 Å². The molecular weight excluding hydrogens is 220 g/mol. The van der Waals surface area contributed by atoms with Crippen LogP contribution in [0.2, 0.25) is 0 Å². The van der Waals surface area contributed by atoms with Gasteiger partial charge < -0.3 is 15.4 Å². The summed E-state index contributed by atoms with van der Waals surface area (Å²) in [6.07, 6.45) is 2.41. The van der Waals surface area contributed by atoms with Crippen molar-refractivity contribution in [1.29, 1.82) is 0 Å². The minimum Gasteiger partial charge on any atom is -0.470 e. The highest BCUT2D eigenvalue weighted by atomic mass is 16.5. The summed E-state index contributed by atoms with van der Waals surface area (Å²) in [5.74, 6) is 0.332. The van der Waals surface area contributed by atoms with Crippen molar-refractivity contribution < 1.29 is 14.3 Å². The molecule has 5 heteroatoms. The fourth-order valence-corrected chi connectivity index (χ4v) is 2.45. The number of primary amides is 1. The van der Waals surface area contributed by atoms with Gasteiger partial charge in [-0.1, -0.05) is 6.92 Å². The average Bonchev–Trinajstić information content (AvgIpc) is 2.70. The van der Waals surface area contributed by atoms with Crippen molar-refractivity contribution >= 4 is 11.7 Å². The van der Waals surface area contributed by atoms with Gasteiger partial charge in [-0.05, 0) is 19.3 Å². The Morgan fingerprint density at radius 2 is 2.35 bits per heavy atom. The SMILES string of the molecule is CCC1=C(N2CCCC(C(N)=O)C2)OCC1=O. The Hall–Kier alpha value is -1.52. The number of ketones is 1. The van der Waals surface area contributed by atoms with Crippen LogP contribution in [0.15, 0.2) is 11.5 Å². The van der Waals surface area contributed by atoms with Crippen molar-refractivity contribution in [2.24, 2.45) is 11.7 Å². The Morgan fingerprint density at radius 3 is 3.00 bits per heavy atom. The summed E-state index contributed by atoms with van der Waals surface area (Å²) in [5, 5.41) is 0. The van der Waals surface area contributed by atoms with E-state index in [1.807, 2.05) is 11.8 Å². The maximum absolute atomic E-state index is 11.6. The van der Waals surface area contributed by atoms with Crippen LogP contribution < -0.4 is 5.73 Å². The number of piperidine rings is 1. The topological polar surface area (TPSA) is 72.6 Å². The number of amides is 1. The van der Waals surface area contributed by atoms with Gasteiger partial charge in [0.15, 0.2) is 12.5 Å². The molecule has 2 N–H and O–H groups in total. The van der Waals surface area contributed by atoms with Gasteiger partial charge in [0.05, 0.1) is 11.5 Å². The number of Topliss-reactive ketones (excluding diaryl/α,β-unsaturated/α-hetero) is 1. The molecule has 2 heterocycles. The van der Waals surface area contributed by atoms with Gasteiger partial charge in [-0.2, -0.15) is 0 Å². The summed E-state index contributed by atoms with van der Waals surface area (Å²) in [7, 11) is 0. The van der Waals surface area contributed by atoms with Crippen LogP contribution in [0, 0.1) is 5.92 Å². The van der Waals surface area contributed by atoms with Crippen molar-refractivity contribution in [3.63, 3.8) is 0 Å². The first-order chi connectivity index (χ1) is 8.13. The summed E-state index contributed by atoms with van der Waals surface area (Å²) in [6.45, 7) is 3.48. The lowest BCUT2D eigenvalue weighted by Crippen LogP contribution is -2.41. The molecule has 0 aromatic heterocycles. The predicted octanol–water partition coefficient (Wildman–Crippen LogP) is 0.405. The molecule has 1 atom stereocenters. The van der Waals surface area contributed by atoms with E-state index in [1.54, 1.807) is 0 Å². The minimum absolute atomic E-state index is 0.0590. The smallest absolute Gasteiger partial charge is 0.222 e. The third-order valence-corrected chi connectivity index (χ3v) is 3.40. The molecule has 1 unspecified atom stereocenters. The molecular formula is C12H18N2O3. The number of carbonyl (C=O) groups excluding carboxylic acids is 2. The second-order valence-corrected chi connectivity index (χ2v) is 4.54. The second-order valence-electron chi connectivity index (χ2n) is 4.54.